The number of aliphatic imine (C=N–C) groups is 1. The van der Waals surface area contributed by atoms with Crippen LogP contribution in [0.15, 0.2) is 63.4 Å². The summed E-state index contributed by atoms with van der Waals surface area (Å²) in [6, 6.07) is 9.87. The average Bonchev–Trinajstić information content (AvgIpc) is 3.14. The maximum atomic E-state index is 12.7. The van der Waals surface area contributed by atoms with Crippen LogP contribution in [0.3, 0.4) is 0 Å². The maximum Gasteiger partial charge on any atom is 0.335 e. The molecule has 1 fully saturated rings. The van der Waals surface area contributed by atoms with Crippen LogP contribution in [0, 0.1) is 6.92 Å². The van der Waals surface area contributed by atoms with E-state index in [1.54, 1.807) is 30.4 Å². The number of hydrogen-bond acceptors (Lipinski definition) is 5. The van der Waals surface area contributed by atoms with E-state index in [4.69, 9.17) is 9.52 Å². The number of aromatic carboxylic acids is 1. The molecule has 0 saturated carbocycles. The molecule has 0 radical (unpaired) electrons. The van der Waals surface area contributed by atoms with Gasteiger partial charge in [-0.25, -0.2) is 9.79 Å². The van der Waals surface area contributed by atoms with Crippen molar-refractivity contribution in [3.63, 3.8) is 0 Å². The lowest BCUT2D eigenvalue weighted by Crippen LogP contribution is -2.29. The highest BCUT2D eigenvalue weighted by Gasteiger charge is 2.32. The summed E-state index contributed by atoms with van der Waals surface area (Å²) in [5, 5.41) is 9.57. The number of nitrogens with zero attached hydrogens (tertiary/aromatic N) is 2. The first-order valence-electron chi connectivity index (χ1n) is 7.78. The fourth-order valence-corrected chi connectivity index (χ4v) is 3.35. The molecule has 0 spiro atoms. The summed E-state index contributed by atoms with van der Waals surface area (Å²) < 4.78 is 5.50. The van der Waals surface area contributed by atoms with Gasteiger partial charge in [0.2, 0.25) is 0 Å². The Bertz CT molecular complexity index is 943. The van der Waals surface area contributed by atoms with E-state index in [0.29, 0.717) is 28.1 Å². The van der Waals surface area contributed by atoms with Crippen LogP contribution in [0.1, 0.15) is 21.9 Å². The van der Waals surface area contributed by atoms with Gasteiger partial charge in [0.1, 0.15) is 11.5 Å². The molecule has 26 heavy (non-hydrogen) atoms. The molecule has 0 bridgehead atoms. The molecule has 1 aromatic heterocycles. The van der Waals surface area contributed by atoms with E-state index in [0.717, 1.165) is 5.76 Å². The van der Waals surface area contributed by atoms with E-state index in [1.165, 1.54) is 28.8 Å². The van der Waals surface area contributed by atoms with Gasteiger partial charge >= 0.3 is 5.97 Å². The number of aryl methyl sites for hydroxylation is 1. The van der Waals surface area contributed by atoms with Crippen LogP contribution < -0.4 is 0 Å². The number of carboxylic acids is 1. The molecule has 2 heterocycles. The number of amidine groups is 1. The standard InChI is InChI=1S/C19H16N2O4S/c1-3-9-21-17(22)16(11-15-8-7-12(2)25-15)26-19(21)20-14-6-4-5-13(10-14)18(23)24/h3-8,10-11H,1,9H2,2H3,(H,23,24)/b16-11+,20-19?. The fourth-order valence-electron chi connectivity index (χ4n) is 2.36. The molecule has 6 nitrogen and oxygen atoms in total. The van der Waals surface area contributed by atoms with Crippen molar-refractivity contribution in [2.75, 3.05) is 6.54 Å². The SMILES string of the molecule is C=CCN1C(=O)/C(=C\c2ccc(C)o2)SC1=Nc1cccc(C(=O)O)c1. The predicted molar refractivity (Wildman–Crippen MR) is 101 cm³/mol. The second kappa shape index (κ2) is 7.45. The van der Waals surface area contributed by atoms with Gasteiger partial charge in [0, 0.05) is 12.6 Å². The minimum atomic E-state index is -1.03. The maximum absolute atomic E-state index is 12.7. The van der Waals surface area contributed by atoms with Gasteiger partial charge in [-0.1, -0.05) is 12.1 Å². The molecule has 1 aliphatic rings. The Morgan fingerprint density at radius 1 is 1.38 bits per heavy atom. The van der Waals surface area contributed by atoms with Gasteiger partial charge in [-0.3, -0.25) is 9.69 Å². The zero-order valence-corrected chi connectivity index (χ0v) is 14.8. The first-order valence-corrected chi connectivity index (χ1v) is 8.60. The van der Waals surface area contributed by atoms with E-state index in [1.807, 2.05) is 13.0 Å². The van der Waals surface area contributed by atoms with Gasteiger partial charge in [-0.05, 0) is 49.0 Å². The summed E-state index contributed by atoms with van der Waals surface area (Å²) in [6.45, 7) is 5.81. The van der Waals surface area contributed by atoms with Crippen LogP contribution in [0.4, 0.5) is 5.69 Å². The van der Waals surface area contributed by atoms with Crippen molar-refractivity contribution >= 4 is 40.6 Å². The summed E-state index contributed by atoms with van der Waals surface area (Å²) in [7, 11) is 0. The molecule has 1 saturated heterocycles. The molecule has 0 unspecified atom stereocenters. The van der Waals surface area contributed by atoms with Gasteiger partial charge in [0.05, 0.1) is 16.2 Å². The van der Waals surface area contributed by atoms with Crippen LogP contribution in [0.25, 0.3) is 6.08 Å². The normalized spacial score (nSPS) is 17.3. The van der Waals surface area contributed by atoms with E-state index in [9.17, 15) is 9.59 Å². The van der Waals surface area contributed by atoms with Crippen molar-refractivity contribution < 1.29 is 19.1 Å². The zero-order valence-electron chi connectivity index (χ0n) is 14.0. The highest BCUT2D eigenvalue weighted by Crippen LogP contribution is 2.34. The van der Waals surface area contributed by atoms with Crippen molar-refractivity contribution in [3.05, 3.63) is 71.0 Å². The van der Waals surface area contributed by atoms with Gasteiger partial charge < -0.3 is 9.52 Å². The van der Waals surface area contributed by atoms with Crippen molar-refractivity contribution in [3.8, 4) is 0 Å². The highest BCUT2D eigenvalue weighted by molar-refractivity contribution is 8.18. The van der Waals surface area contributed by atoms with Crippen LogP contribution in [0.5, 0.6) is 0 Å². The highest BCUT2D eigenvalue weighted by atomic mass is 32.2. The van der Waals surface area contributed by atoms with E-state index in [2.05, 4.69) is 11.6 Å². The largest absolute Gasteiger partial charge is 0.478 e. The molecule has 1 aliphatic heterocycles. The topological polar surface area (TPSA) is 83.1 Å². The third-order valence-corrected chi connectivity index (χ3v) is 4.56. The van der Waals surface area contributed by atoms with Crippen molar-refractivity contribution in [1.29, 1.82) is 0 Å². The molecule has 0 aliphatic carbocycles. The summed E-state index contributed by atoms with van der Waals surface area (Å²) >= 11 is 1.21. The van der Waals surface area contributed by atoms with Gasteiger partial charge in [-0.2, -0.15) is 0 Å². The van der Waals surface area contributed by atoms with E-state index >= 15 is 0 Å². The van der Waals surface area contributed by atoms with Crippen molar-refractivity contribution in [1.82, 2.24) is 4.90 Å². The van der Waals surface area contributed by atoms with Gasteiger partial charge in [-0.15, -0.1) is 6.58 Å². The summed E-state index contributed by atoms with van der Waals surface area (Å²) in [5.41, 5.74) is 0.600. The molecule has 1 amide bonds. The molecule has 3 rings (SSSR count). The van der Waals surface area contributed by atoms with Crippen LogP contribution in [-0.2, 0) is 4.79 Å². The third kappa shape index (κ3) is 3.78. The van der Waals surface area contributed by atoms with E-state index in [-0.39, 0.29) is 11.5 Å². The van der Waals surface area contributed by atoms with Crippen molar-refractivity contribution in [2.24, 2.45) is 4.99 Å². The summed E-state index contributed by atoms with van der Waals surface area (Å²) in [4.78, 5) is 30.2. The number of hydrogen-bond donors (Lipinski definition) is 1. The Morgan fingerprint density at radius 2 is 2.19 bits per heavy atom. The Morgan fingerprint density at radius 3 is 2.85 bits per heavy atom. The molecule has 2 aromatic rings. The molecule has 1 aromatic carbocycles. The van der Waals surface area contributed by atoms with E-state index < -0.39 is 5.97 Å². The number of amides is 1. The number of furan rings is 1. The molecule has 0 atom stereocenters. The first-order chi connectivity index (χ1) is 12.5. The number of carboxylic acid groups (broad SMARTS) is 1. The lowest BCUT2D eigenvalue weighted by molar-refractivity contribution is -0.121. The van der Waals surface area contributed by atoms with Crippen LogP contribution >= 0.6 is 11.8 Å². The summed E-state index contributed by atoms with van der Waals surface area (Å²) in [6.07, 6.45) is 3.29. The quantitative estimate of drug-likeness (QED) is 0.635. The number of carbonyl (C=O) groups excluding carboxylic acids is 1. The van der Waals surface area contributed by atoms with Crippen LogP contribution in [-0.4, -0.2) is 33.6 Å². The Kier molecular flexibility index (Phi) is 5.09. The fraction of sp³-hybridized carbons (Fsp3) is 0.105. The molecule has 7 heteroatoms. The smallest absolute Gasteiger partial charge is 0.335 e. The van der Waals surface area contributed by atoms with Gasteiger partial charge in [0.15, 0.2) is 5.17 Å². The number of carbonyl (C=O) groups is 2. The lowest BCUT2D eigenvalue weighted by Gasteiger charge is -2.12. The lowest BCUT2D eigenvalue weighted by atomic mass is 10.2. The number of rotatable bonds is 5. The Hall–Kier alpha value is -3.06. The number of benzene rings is 1. The Balaban J connectivity index is 1.96. The van der Waals surface area contributed by atoms with Gasteiger partial charge in [0.25, 0.3) is 5.91 Å². The second-order valence-electron chi connectivity index (χ2n) is 5.51. The molecule has 132 valence electrons. The predicted octanol–water partition coefficient (Wildman–Crippen LogP) is 4.08. The minimum Gasteiger partial charge on any atom is -0.478 e. The van der Waals surface area contributed by atoms with Crippen LogP contribution in [0.2, 0.25) is 0 Å². The molecular formula is C19H16N2O4S. The average molecular weight is 368 g/mol. The second-order valence-corrected chi connectivity index (χ2v) is 6.52. The first kappa shape index (κ1) is 17.8. The van der Waals surface area contributed by atoms with Crippen molar-refractivity contribution in [2.45, 2.75) is 6.92 Å². The molecule has 1 N–H and O–H groups in total. The zero-order chi connectivity index (χ0) is 18.7. The Labute approximate surface area is 154 Å². The third-order valence-electron chi connectivity index (χ3n) is 3.55. The monoisotopic (exact) mass is 368 g/mol. The number of thioether (sulfide) groups is 1. The summed E-state index contributed by atoms with van der Waals surface area (Å²) in [5.74, 6) is 0.122. The molecular weight excluding hydrogens is 352 g/mol. The minimum absolute atomic E-state index is 0.137.